The fourth-order valence-corrected chi connectivity index (χ4v) is 2.89. The molecule has 0 saturated heterocycles. The molecule has 29 heavy (non-hydrogen) atoms. The average Bonchev–Trinajstić information content (AvgIpc) is 2.69. The Bertz CT molecular complexity index is 835. The average molecular weight is 399 g/mol. The van der Waals surface area contributed by atoms with Gasteiger partial charge in [0.05, 0.1) is 7.11 Å². The van der Waals surface area contributed by atoms with Gasteiger partial charge in [0.15, 0.2) is 6.61 Å². The second-order valence-corrected chi connectivity index (χ2v) is 7.32. The van der Waals surface area contributed by atoms with Crippen LogP contribution < -0.4 is 14.8 Å². The van der Waals surface area contributed by atoms with Crippen LogP contribution in [0, 0.1) is 6.92 Å². The number of ether oxygens (including phenoxy) is 2. The molecule has 2 rings (SSSR count). The van der Waals surface area contributed by atoms with E-state index in [1.165, 1.54) is 4.90 Å². The summed E-state index contributed by atoms with van der Waals surface area (Å²) in [5.74, 6) is 0.858. The van der Waals surface area contributed by atoms with Gasteiger partial charge in [0.1, 0.15) is 17.5 Å². The summed E-state index contributed by atoms with van der Waals surface area (Å²) in [6.45, 7) is 7.59. The third-order valence-electron chi connectivity index (χ3n) is 4.44. The van der Waals surface area contributed by atoms with Gasteiger partial charge in [-0.25, -0.2) is 0 Å². The van der Waals surface area contributed by atoms with Crippen LogP contribution in [0.15, 0.2) is 48.5 Å². The maximum Gasteiger partial charge on any atom is 0.261 e. The highest BCUT2D eigenvalue weighted by molar-refractivity contribution is 5.88. The monoisotopic (exact) mass is 398 g/mol. The number of carbonyl (C=O) groups is 2. The Labute approximate surface area is 172 Å². The van der Waals surface area contributed by atoms with Crippen LogP contribution >= 0.6 is 0 Å². The molecule has 0 fully saturated rings. The zero-order valence-corrected chi connectivity index (χ0v) is 17.8. The molecule has 0 bridgehead atoms. The predicted octanol–water partition coefficient (Wildman–Crippen LogP) is 3.32. The minimum atomic E-state index is -0.641. The van der Waals surface area contributed by atoms with Gasteiger partial charge in [0.25, 0.3) is 5.91 Å². The van der Waals surface area contributed by atoms with E-state index in [1.807, 2.05) is 69.3 Å². The Kier molecular flexibility index (Phi) is 8.07. The summed E-state index contributed by atoms with van der Waals surface area (Å²) in [7, 11) is 1.59. The number of rotatable bonds is 9. The van der Waals surface area contributed by atoms with Gasteiger partial charge >= 0.3 is 0 Å². The van der Waals surface area contributed by atoms with Crippen molar-refractivity contribution in [2.75, 3.05) is 13.7 Å². The van der Waals surface area contributed by atoms with E-state index in [2.05, 4.69) is 5.32 Å². The molecule has 2 aromatic carbocycles. The summed E-state index contributed by atoms with van der Waals surface area (Å²) in [5, 5.41) is 2.87. The first-order chi connectivity index (χ1) is 13.8. The lowest BCUT2D eigenvalue weighted by atomic mass is 10.1. The molecular weight excluding hydrogens is 368 g/mol. The molecule has 2 aromatic rings. The molecule has 0 radical (unpaired) electrons. The Balaban J connectivity index is 2.17. The summed E-state index contributed by atoms with van der Waals surface area (Å²) in [5.41, 5.74) is 1.92. The van der Waals surface area contributed by atoms with E-state index in [4.69, 9.17) is 9.47 Å². The molecule has 0 aliphatic carbocycles. The fourth-order valence-electron chi connectivity index (χ4n) is 2.89. The molecule has 1 N–H and O–H groups in total. The van der Waals surface area contributed by atoms with Crippen molar-refractivity contribution in [1.82, 2.24) is 10.2 Å². The molecule has 156 valence electrons. The molecule has 2 amide bonds. The third kappa shape index (κ3) is 6.82. The van der Waals surface area contributed by atoms with Gasteiger partial charge in [-0.1, -0.05) is 24.3 Å². The first kappa shape index (κ1) is 22.3. The number of nitrogens with zero attached hydrogens (tertiary/aromatic N) is 1. The summed E-state index contributed by atoms with van der Waals surface area (Å²) in [6.07, 6.45) is 0. The first-order valence-electron chi connectivity index (χ1n) is 9.72. The van der Waals surface area contributed by atoms with Crippen molar-refractivity contribution in [2.24, 2.45) is 0 Å². The number of amides is 2. The third-order valence-corrected chi connectivity index (χ3v) is 4.44. The summed E-state index contributed by atoms with van der Waals surface area (Å²) in [6, 6.07) is 14.3. The van der Waals surface area contributed by atoms with Crippen molar-refractivity contribution < 1.29 is 19.1 Å². The second-order valence-electron chi connectivity index (χ2n) is 7.32. The van der Waals surface area contributed by atoms with E-state index in [0.29, 0.717) is 11.5 Å². The van der Waals surface area contributed by atoms with Gasteiger partial charge in [0, 0.05) is 12.6 Å². The smallest absolute Gasteiger partial charge is 0.261 e. The number of aryl methyl sites for hydroxylation is 1. The first-order valence-corrected chi connectivity index (χ1v) is 9.72. The number of hydrogen-bond acceptors (Lipinski definition) is 4. The molecule has 0 heterocycles. The lowest BCUT2D eigenvalue weighted by molar-refractivity contribution is -0.142. The Morgan fingerprint density at radius 2 is 1.72 bits per heavy atom. The number of benzene rings is 2. The molecular formula is C23H30N2O4. The molecule has 6 nitrogen and oxygen atoms in total. The van der Waals surface area contributed by atoms with E-state index in [0.717, 1.165) is 11.1 Å². The van der Waals surface area contributed by atoms with Crippen LogP contribution in [0.25, 0.3) is 0 Å². The van der Waals surface area contributed by atoms with E-state index >= 15 is 0 Å². The van der Waals surface area contributed by atoms with Crippen molar-refractivity contribution in [2.45, 2.75) is 46.3 Å². The summed E-state index contributed by atoms with van der Waals surface area (Å²) in [4.78, 5) is 27.1. The predicted molar refractivity (Wildman–Crippen MR) is 113 cm³/mol. The number of carbonyl (C=O) groups excluding carboxylic acids is 2. The van der Waals surface area contributed by atoms with E-state index in [-0.39, 0.29) is 31.0 Å². The molecule has 0 spiro atoms. The van der Waals surface area contributed by atoms with Gasteiger partial charge in [-0.15, -0.1) is 0 Å². The largest absolute Gasteiger partial charge is 0.497 e. The zero-order chi connectivity index (χ0) is 21.4. The summed E-state index contributed by atoms with van der Waals surface area (Å²) < 4.78 is 10.9. The molecule has 6 heteroatoms. The van der Waals surface area contributed by atoms with Crippen LogP contribution in [-0.2, 0) is 16.1 Å². The van der Waals surface area contributed by atoms with Crippen LogP contribution in [0.4, 0.5) is 0 Å². The maximum absolute atomic E-state index is 13.0. The van der Waals surface area contributed by atoms with E-state index in [1.54, 1.807) is 14.0 Å². The lowest BCUT2D eigenvalue weighted by Gasteiger charge is -2.29. The van der Waals surface area contributed by atoms with Crippen molar-refractivity contribution in [1.29, 1.82) is 0 Å². The highest BCUT2D eigenvalue weighted by atomic mass is 16.5. The van der Waals surface area contributed by atoms with Crippen molar-refractivity contribution in [3.05, 3.63) is 59.7 Å². The van der Waals surface area contributed by atoms with Crippen LogP contribution in [0.5, 0.6) is 11.5 Å². The molecule has 0 aliphatic heterocycles. The van der Waals surface area contributed by atoms with Crippen LogP contribution in [0.1, 0.15) is 31.9 Å². The fraction of sp³-hybridized carbons (Fsp3) is 0.391. The highest BCUT2D eigenvalue weighted by Gasteiger charge is 2.27. The topological polar surface area (TPSA) is 67.9 Å². The Morgan fingerprint density at radius 3 is 2.38 bits per heavy atom. The zero-order valence-electron chi connectivity index (χ0n) is 17.8. The van der Waals surface area contributed by atoms with Gasteiger partial charge in [0.2, 0.25) is 5.91 Å². The van der Waals surface area contributed by atoms with Crippen molar-refractivity contribution in [3.8, 4) is 11.5 Å². The highest BCUT2D eigenvalue weighted by Crippen LogP contribution is 2.17. The number of hydrogen-bond donors (Lipinski definition) is 1. The van der Waals surface area contributed by atoms with Gasteiger partial charge in [-0.05, 0) is 63.1 Å². The standard InChI is InChI=1S/C23H30N2O4/c1-16(2)24-23(27)18(4)25(14-19-9-7-10-20(13-19)28-5)22(26)15-29-21-11-6-8-17(3)12-21/h6-13,16,18H,14-15H2,1-5H3,(H,24,27). The number of nitrogens with one attached hydrogen (secondary N) is 1. The number of methoxy groups -OCH3 is 1. The Morgan fingerprint density at radius 1 is 1.03 bits per heavy atom. The van der Waals surface area contributed by atoms with E-state index < -0.39 is 6.04 Å². The van der Waals surface area contributed by atoms with Gasteiger partial charge in [-0.2, -0.15) is 0 Å². The molecule has 0 saturated carbocycles. The minimum absolute atomic E-state index is 0.0118. The maximum atomic E-state index is 13.0. The van der Waals surface area contributed by atoms with Gasteiger partial charge < -0.3 is 19.7 Å². The van der Waals surface area contributed by atoms with Crippen molar-refractivity contribution in [3.63, 3.8) is 0 Å². The van der Waals surface area contributed by atoms with Crippen LogP contribution in [0.3, 0.4) is 0 Å². The molecule has 1 unspecified atom stereocenters. The SMILES string of the molecule is COc1cccc(CN(C(=O)COc2cccc(C)c2)C(C)C(=O)NC(C)C)c1. The van der Waals surface area contributed by atoms with E-state index in [9.17, 15) is 9.59 Å². The normalized spacial score (nSPS) is 11.7. The minimum Gasteiger partial charge on any atom is -0.497 e. The molecule has 0 aromatic heterocycles. The quantitative estimate of drug-likeness (QED) is 0.704. The van der Waals surface area contributed by atoms with Crippen LogP contribution in [0.2, 0.25) is 0 Å². The Hall–Kier alpha value is -3.02. The van der Waals surface area contributed by atoms with Crippen molar-refractivity contribution >= 4 is 11.8 Å². The molecule has 1 atom stereocenters. The van der Waals surface area contributed by atoms with Gasteiger partial charge in [-0.3, -0.25) is 9.59 Å². The second kappa shape index (κ2) is 10.5. The van der Waals surface area contributed by atoms with Crippen LogP contribution in [-0.4, -0.2) is 42.5 Å². The molecule has 0 aliphatic rings. The lowest BCUT2D eigenvalue weighted by Crippen LogP contribution is -2.50. The summed E-state index contributed by atoms with van der Waals surface area (Å²) >= 11 is 0.